The second-order valence-corrected chi connectivity index (χ2v) is 1.10. The van der Waals surface area contributed by atoms with Crippen LogP contribution >= 0.6 is 0 Å². The molecule has 8 heavy (non-hydrogen) atoms. The van der Waals surface area contributed by atoms with Crippen LogP contribution in [0.2, 0.25) is 0 Å². The third-order valence-corrected chi connectivity index (χ3v) is 0.592. The Balaban J connectivity index is 4.05. The summed E-state index contributed by atoms with van der Waals surface area (Å²) in [4.78, 5) is 13.2. The van der Waals surface area contributed by atoms with Gasteiger partial charge in [-0.15, -0.1) is 0 Å². The first-order chi connectivity index (χ1) is 3.85. The summed E-state index contributed by atoms with van der Waals surface area (Å²) in [6.07, 6.45) is 3.59. The fourth-order valence-electron chi connectivity index (χ4n) is 0.250. The summed E-state index contributed by atoms with van der Waals surface area (Å²) < 4.78 is 0. The minimum atomic E-state index is 0.306. The van der Waals surface area contributed by atoms with Crippen LogP contribution in [0.15, 0.2) is 29.4 Å². The minimum absolute atomic E-state index is 0.306. The van der Waals surface area contributed by atoms with E-state index in [-0.39, 0.29) is 0 Å². The lowest BCUT2D eigenvalue weighted by Gasteiger charge is -1.79. The Bertz CT molecular complexity index is 125. The van der Waals surface area contributed by atoms with Crippen molar-refractivity contribution >= 4 is 13.0 Å². The van der Waals surface area contributed by atoms with Gasteiger partial charge in [-0.3, -0.25) is 9.79 Å². The maximum absolute atomic E-state index is 9.88. The van der Waals surface area contributed by atoms with Crippen molar-refractivity contribution in [3.63, 3.8) is 0 Å². The van der Waals surface area contributed by atoms with Crippen molar-refractivity contribution in [3.8, 4) is 0 Å². The molecule has 0 spiro atoms. The average molecular weight is 109 g/mol. The zero-order chi connectivity index (χ0) is 6.41. The van der Waals surface area contributed by atoms with Crippen LogP contribution in [0.3, 0.4) is 0 Å². The van der Waals surface area contributed by atoms with Gasteiger partial charge in [0.05, 0.1) is 0 Å². The highest BCUT2D eigenvalue weighted by Gasteiger charge is 1.80. The van der Waals surface area contributed by atoms with E-state index in [1.54, 1.807) is 0 Å². The average Bonchev–Trinajstić information content (AvgIpc) is 1.83. The van der Waals surface area contributed by atoms with E-state index >= 15 is 0 Å². The van der Waals surface area contributed by atoms with Gasteiger partial charge in [-0.1, -0.05) is 12.7 Å². The number of carbonyl (C=O) groups is 1. The molecule has 0 aliphatic carbocycles. The molecule has 0 aromatic heterocycles. The van der Waals surface area contributed by atoms with E-state index in [0.717, 1.165) is 0 Å². The molecule has 0 saturated heterocycles. The molecule has 2 nitrogen and oxygen atoms in total. The van der Waals surface area contributed by atoms with Crippen LogP contribution in [0.4, 0.5) is 0 Å². The van der Waals surface area contributed by atoms with Gasteiger partial charge in [0.2, 0.25) is 0 Å². The van der Waals surface area contributed by atoms with E-state index in [1.165, 1.54) is 12.2 Å². The Labute approximate surface area is 48.2 Å². The lowest BCUT2D eigenvalue weighted by molar-refractivity contribution is -0.104. The van der Waals surface area contributed by atoms with E-state index in [2.05, 4.69) is 18.3 Å². The maximum atomic E-state index is 9.88. The topological polar surface area (TPSA) is 29.4 Å². The Hall–Kier alpha value is -1.18. The van der Waals surface area contributed by atoms with Crippen molar-refractivity contribution in [2.75, 3.05) is 0 Å². The molecule has 0 aliphatic rings. The van der Waals surface area contributed by atoms with E-state index in [1.807, 2.05) is 0 Å². The summed E-state index contributed by atoms with van der Waals surface area (Å²) in [5.74, 6) is 0. The SMILES string of the molecule is C=C/C=C(/C=O)N=C. The van der Waals surface area contributed by atoms with Gasteiger partial charge >= 0.3 is 0 Å². The molecule has 0 aliphatic heterocycles. The van der Waals surface area contributed by atoms with Crippen molar-refractivity contribution in [2.24, 2.45) is 4.99 Å². The Morgan fingerprint density at radius 1 is 1.62 bits per heavy atom. The number of hydrogen-bond donors (Lipinski definition) is 0. The lowest BCUT2D eigenvalue weighted by Crippen LogP contribution is -1.74. The number of hydrogen-bond acceptors (Lipinski definition) is 2. The molecule has 0 radical (unpaired) electrons. The van der Waals surface area contributed by atoms with Crippen molar-refractivity contribution in [1.82, 2.24) is 0 Å². The Morgan fingerprint density at radius 3 is 2.38 bits per heavy atom. The monoisotopic (exact) mass is 109 g/mol. The number of aldehydes is 1. The molecule has 0 atom stereocenters. The molecule has 0 heterocycles. The van der Waals surface area contributed by atoms with Gasteiger partial charge in [0.15, 0.2) is 6.29 Å². The molecule has 42 valence electrons. The van der Waals surface area contributed by atoms with Crippen LogP contribution in [-0.4, -0.2) is 13.0 Å². The largest absolute Gasteiger partial charge is 0.296 e. The van der Waals surface area contributed by atoms with E-state index in [9.17, 15) is 4.79 Å². The minimum Gasteiger partial charge on any atom is -0.296 e. The van der Waals surface area contributed by atoms with Crippen LogP contribution in [0, 0.1) is 0 Å². The molecule has 0 N–H and O–H groups in total. The number of carbonyl (C=O) groups excluding carboxylic acids is 1. The van der Waals surface area contributed by atoms with Crippen molar-refractivity contribution in [1.29, 1.82) is 0 Å². The summed E-state index contributed by atoms with van der Waals surface area (Å²) in [7, 11) is 0. The van der Waals surface area contributed by atoms with E-state index in [0.29, 0.717) is 12.0 Å². The van der Waals surface area contributed by atoms with Gasteiger partial charge in [0.1, 0.15) is 5.70 Å². The molecule has 0 fully saturated rings. The van der Waals surface area contributed by atoms with Gasteiger partial charge in [-0.25, -0.2) is 0 Å². The quantitative estimate of drug-likeness (QED) is 0.230. The molecule has 0 bridgehead atoms. The first kappa shape index (κ1) is 6.82. The zero-order valence-electron chi connectivity index (χ0n) is 4.50. The predicted molar refractivity (Wildman–Crippen MR) is 33.9 cm³/mol. The predicted octanol–water partition coefficient (Wildman–Crippen LogP) is 0.956. The highest BCUT2D eigenvalue weighted by Crippen LogP contribution is 1.87. The zero-order valence-corrected chi connectivity index (χ0v) is 4.50. The normalized spacial score (nSPS) is 10.2. The van der Waals surface area contributed by atoms with Gasteiger partial charge in [-0.2, -0.15) is 0 Å². The molecule has 0 aromatic rings. The number of aliphatic imine (C=N–C) groups is 1. The number of nitrogens with zero attached hydrogens (tertiary/aromatic N) is 1. The molecule has 0 aromatic carbocycles. The van der Waals surface area contributed by atoms with Crippen LogP contribution in [0.5, 0.6) is 0 Å². The molecule has 0 rings (SSSR count). The van der Waals surface area contributed by atoms with Crippen LogP contribution in [0.1, 0.15) is 0 Å². The molecule has 2 heteroatoms. The molecule has 0 amide bonds. The van der Waals surface area contributed by atoms with Crippen LogP contribution in [0.25, 0.3) is 0 Å². The Kier molecular flexibility index (Phi) is 3.40. The molecule has 0 unspecified atom stereocenters. The van der Waals surface area contributed by atoms with Gasteiger partial charge in [-0.05, 0) is 12.8 Å². The molecule has 0 saturated carbocycles. The summed E-state index contributed by atoms with van der Waals surface area (Å²) >= 11 is 0. The fourth-order valence-corrected chi connectivity index (χ4v) is 0.250. The van der Waals surface area contributed by atoms with Crippen LogP contribution < -0.4 is 0 Å². The van der Waals surface area contributed by atoms with E-state index in [4.69, 9.17) is 0 Å². The third kappa shape index (κ3) is 2.08. The highest BCUT2D eigenvalue weighted by molar-refractivity contribution is 5.74. The smallest absolute Gasteiger partial charge is 0.168 e. The fraction of sp³-hybridized carbons (Fsp3) is 0. The summed E-state index contributed by atoms with van der Waals surface area (Å²) in [5, 5.41) is 0. The first-order valence-corrected chi connectivity index (χ1v) is 2.09. The van der Waals surface area contributed by atoms with Crippen molar-refractivity contribution in [2.45, 2.75) is 0 Å². The van der Waals surface area contributed by atoms with Crippen molar-refractivity contribution < 1.29 is 4.79 Å². The Morgan fingerprint density at radius 2 is 2.25 bits per heavy atom. The standard InChI is InChI=1S/C6H7NO/c1-3-4-6(5-8)7-2/h3-5H,1-2H2/b6-4-. The third-order valence-electron chi connectivity index (χ3n) is 0.592. The second kappa shape index (κ2) is 3.99. The van der Waals surface area contributed by atoms with Gasteiger partial charge in [0.25, 0.3) is 0 Å². The summed E-state index contributed by atoms with van der Waals surface area (Å²) in [5.41, 5.74) is 0.306. The lowest BCUT2D eigenvalue weighted by atomic mass is 10.4. The second-order valence-electron chi connectivity index (χ2n) is 1.10. The van der Waals surface area contributed by atoms with Gasteiger partial charge in [0, 0.05) is 0 Å². The number of allylic oxidation sites excluding steroid dienone is 3. The number of rotatable bonds is 3. The van der Waals surface area contributed by atoms with Gasteiger partial charge < -0.3 is 0 Å². The van der Waals surface area contributed by atoms with E-state index < -0.39 is 0 Å². The summed E-state index contributed by atoms with van der Waals surface area (Å²) in [6, 6.07) is 0. The first-order valence-electron chi connectivity index (χ1n) is 2.09. The maximum Gasteiger partial charge on any atom is 0.168 e. The van der Waals surface area contributed by atoms with Crippen molar-refractivity contribution in [3.05, 3.63) is 24.4 Å². The highest BCUT2D eigenvalue weighted by atomic mass is 16.1. The molecular weight excluding hydrogens is 102 g/mol. The summed E-state index contributed by atoms with van der Waals surface area (Å²) in [6.45, 7) is 6.53. The van der Waals surface area contributed by atoms with Crippen LogP contribution in [-0.2, 0) is 4.79 Å². The molecular formula is C6H7NO.